The van der Waals surface area contributed by atoms with Gasteiger partial charge in [-0.1, -0.05) is 28.5 Å². The summed E-state index contributed by atoms with van der Waals surface area (Å²) < 4.78 is 17.9. The molecule has 0 aliphatic carbocycles. The van der Waals surface area contributed by atoms with Gasteiger partial charge in [-0.25, -0.2) is 9.02 Å². The van der Waals surface area contributed by atoms with Crippen LogP contribution in [0.25, 0.3) is 0 Å². The summed E-state index contributed by atoms with van der Waals surface area (Å²) in [6, 6.07) is 13.2. The van der Waals surface area contributed by atoms with Crippen LogP contribution in [0.15, 0.2) is 58.1 Å². The molecule has 7 nitrogen and oxygen atoms in total. The minimum Gasteiger partial charge on any atom is -0.508 e. The van der Waals surface area contributed by atoms with Crippen molar-refractivity contribution in [3.05, 3.63) is 71.3 Å². The second-order valence-corrected chi connectivity index (χ2v) is 8.89. The number of carbonyl (C=O) groups is 1. The monoisotopic (exact) mass is 442 g/mol. The third-order valence-electron chi connectivity index (χ3n) is 5.33. The maximum atomic E-state index is 13.2. The molecule has 1 aliphatic heterocycles. The lowest BCUT2D eigenvalue weighted by Crippen LogP contribution is -2.42. The van der Waals surface area contributed by atoms with Crippen molar-refractivity contribution in [2.24, 2.45) is 0 Å². The van der Waals surface area contributed by atoms with Crippen molar-refractivity contribution in [2.75, 3.05) is 6.54 Å². The molecule has 0 bridgehead atoms. The Bertz CT molecular complexity index is 1040. The molecular formula is C22H23FN4O3S. The Hall–Kier alpha value is -2.91. The first-order chi connectivity index (χ1) is 15.0. The van der Waals surface area contributed by atoms with Crippen LogP contribution in [0.1, 0.15) is 23.4 Å². The number of para-hydroxylation sites is 1. The smallest absolute Gasteiger partial charge is 0.237 e. The molecule has 3 aromatic rings. The molecule has 2 aromatic carbocycles. The van der Waals surface area contributed by atoms with Crippen molar-refractivity contribution < 1.29 is 18.9 Å². The molecule has 0 saturated carbocycles. The van der Waals surface area contributed by atoms with Crippen LogP contribution >= 0.6 is 11.8 Å². The number of halogens is 1. The Kier molecular flexibility index (Phi) is 6.53. The van der Waals surface area contributed by atoms with Crippen molar-refractivity contribution in [3.63, 3.8) is 0 Å². The number of amides is 1. The predicted octanol–water partition coefficient (Wildman–Crippen LogP) is 3.27. The van der Waals surface area contributed by atoms with Crippen molar-refractivity contribution in [3.8, 4) is 5.75 Å². The van der Waals surface area contributed by atoms with E-state index in [1.54, 1.807) is 43.0 Å². The highest BCUT2D eigenvalue weighted by Crippen LogP contribution is 2.34. The average Bonchev–Trinajstić information content (AvgIpc) is 3.35. The van der Waals surface area contributed by atoms with E-state index in [1.807, 2.05) is 12.1 Å². The molecule has 2 atom stereocenters. The Morgan fingerprint density at radius 2 is 2.03 bits per heavy atom. The minimum atomic E-state index is -0.363. The van der Waals surface area contributed by atoms with Gasteiger partial charge < -0.3 is 10.4 Å². The second-order valence-electron chi connectivity index (χ2n) is 7.52. The van der Waals surface area contributed by atoms with Gasteiger partial charge in [0.25, 0.3) is 0 Å². The van der Waals surface area contributed by atoms with Crippen LogP contribution < -0.4 is 5.32 Å². The number of hydrogen-bond acceptors (Lipinski definition) is 7. The quantitative estimate of drug-likeness (QED) is 0.580. The van der Waals surface area contributed by atoms with Gasteiger partial charge in [-0.15, -0.1) is 11.8 Å². The Balaban J connectivity index is 1.47. The third kappa shape index (κ3) is 5.23. The highest BCUT2D eigenvalue weighted by atomic mass is 32.2. The molecule has 1 aromatic heterocycles. The SMILES string of the molecule is Cc1nonc1CNC(=O)[C@@H]1C[C@@H](Sc2ccc(F)cc2)CN1Cc1ccccc1O. The predicted molar refractivity (Wildman–Crippen MR) is 114 cm³/mol. The summed E-state index contributed by atoms with van der Waals surface area (Å²) in [5, 5.41) is 20.8. The number of rotatable bonds is 7. The Morgan fingerprint density at radius 1 is 1.26 bits per heavy atom. The van der Waals surface area contributed by atoms with Gasteiger partial charge in [0, 0.05) is 28.8 Å². The van der Waals surface area contributed by atoms with E-state index in [0.29, 0.717) is 30.9 Å². The number of phenols is 1. The number of aryl methyl sites for hydroxylation is 1. The van der Waals surface area contributed by atoms with Crippen LogP contribution in [0.2, 0.25) is 0 Å². The first kappa shape index (κ1) is 21.3. The number of thioether (sulfide) groups is 1. The highest BCUT2D eigenvalue weighted by molar-refractivity contribution is 8.00. The number of likely N-dealkylation sites (tertiary alicyclic amines) is 1. The number of nitrogens with zero attached hydrogens (tertiary/aromatic N) is 3. The van der Waals surface area contributed by atoms with E-state index in [2.05, 4.69) is 25.2 Å². The van der Waals surface area contributed by atoms with Crippen molar-refractivity contribution in [1.29, 1.82) is 0 Å². The zero-order valence-corrected chi connectivity index (χ0v) is 17.8. The zero-order chi connectivity index (χ0) is 21.8. The summed E-state index contributed by atoms with van der Waals surface area (Å²) in [6.07, 6.45) is 0.636. The summed E-state index contributed by atoms with van der Waals surface area (Å²) in [5.74, 6) is -0.174. The summed E-state index contributed by atoms with van der Waals surface area (Å²) in [6.45, 7) is 3.13. The van der Waals surface area contributed by atoms with Crippen LogP contribution in [-0.4, -0.2) is 44.1 Å². The van der Waals surface area contributed by atoms with E-state index in [-0.39, 0.29) is 35.3 Å². The average molecular weight is 443 g/mol. The van der Waals surface area contributed by atoms with Gasteiger partial charge in [0.15, 0.2) is 0 Å². The fourth-order valence-corrected chi connectivity index (χ4v) is 4.88. The van der Waals surface area contributed by atoms with Crippen molar-refractivity contribution in [2.45, 2.75) is 42.6 Å². The first-order valence-corrected chi connectivity index (χ1v) is 10.9. The summed E-state index contributed by atoms with van der Waals surface area (Å²) >= 11 is 1.63. The number of nitrogens with one attached hydrogen (secondary N) is 1. The van der Waals surface area contributed by atoms with E-state index in [9.17, 15) is 14.3 Å². The van der Waals surface area contributed by atoms with Gasteiger partial charge in [-0.2, -0.15) is 0 Å². The molecule has 0 unspecified atom stereocenters. The number of carbonyl (C=O) groups excluding carboxylic acids is 1. The van der Waals surface area contributed by atoms with E-state index < -0.39 is 0 Å². The summed E-state index contributed by atoms with van der Waals surface area (Å²) in [7, 11) is 0. The van der Waals surface area contributed by atoms with Gasteiger partial charge in [-0.3, -0.25) is 9.69 Å². The number of benzene rings is 2. The fourth-order valence-electron chi connectivity index (χ4n) is 3.66. The van der Waals surface area contributed by atoms with Crippen molar-refractivity contribution >= 4 is 17.7 Å². The Labute approximate surface area is 183 Å². The molecule has 1 aliphatic rings. The van der Waals surface area contributed by atoms with E-state index in [0.717, 1.165) is 10.5 Å². The molecule has 1 amide bonds. The topological polar surface area (TPSA) is 91.5 Å². The maximum absolute atomic E-state index is 13.2. The van der Waals surface area contributed by atoms with Crippen LogP contribution in [0, 0.1) is 12.7 Å². The minimum absolute atomic E-state index is 0.111. The largest absolute Gasteiger partial charge is 0.508 e. The fraction of sp³-hybridized carbons (Fsp3) is 0.318. The summed E-state index contributed by atoms with van der Waals surface area (Å²) in [4.78, 5) is 16.1. The number of aromatic hydroxyl groups is 1. The van der Waals surface area contributed by atoms with Crippen LogP contribution in [0.4, 0.5) is 4.39 Å². The lowest BCUT2D eigenvalue weighted by atomic mass is 10.1. The molecule has 1 fully saturated rings. The molecule has 4 rings (SSSR count). The van der Waals surface area contributed by atoms with Gasteiger partial charge in [0.05, 0.1) is 12.6 Å². The lowest BCUT2D eigenvalue weighted by molar-refractivity contribution is -0.125. The number of aromatic nitrogens is 2. The van der Waals surface area contributed by atoms with E-state index >= 15 is 0 Å². The van der Waals surface area contributed by atoms with Gasteiger partial charge >= 0.3 is 0 Å². The summed E-state index contributed by atoms with van der Waals surface area (Å²) in [5.41, 5.74) is 2.00. The third-order valence-corrected chi connectivity index (χ3v) is 6.54. The molecule has 0 radical (unpaired) electrons. The molecule has 162 valence electrons. The molecular weight excluding hydrogens is 419 g/mol. The molecule has 31 heavy (non-hydrogen) atoms. The van der Waals surface area contributed by atoms with Crippen LogP contribution in [0.5, 0.6) is 5.75 Å². The van der Waals surface area contributed by atoms with Gasteiger partial charge in [0.1, 0.15) is 23.0 Å². The van der Waals surface area contributed by atoms with Crippen LogP contribution in [-0.2, 0) is 17.9 Å². The molecule has 0 spiro atoms. The standard InChI is InChI=1S/C22H23FN4O3S/c1-14-19(26-30-25-14)11-24-22(29)20-10-18(31-17-8-6-16(23)7-9-17)13-27(20)12-15-4-2-3-5-21(15)28/h2-9,18,20,28H,10-13H2,1H3,(H,24,29)/t18-,20+/m1/s1. The van der Waals surface area contributed by atoms with E-state index in [4.69, 9.17) is 0 Å². The highest BCUT2D eigenvalue weighted by Gasteiger charge is 2.37. The van der Waals surface area contributed by atoms with Gasteiger partial charge in [-0.05, 0) is 43.7 Å². The van der Waals surface area contributed by atoms with E-state index in [1.165, 1.54) is 12.1 Å². The molecule has 2 heterocycles. The second kappa shape index (κ2) is 9.49. The van der Waals surface area contributed by atoms with Crippen molar-refractivity contribution in [1.82, 2.24) is 20.5 Å². The number of phenolic OH excluding ortho intramolecular Hbond substituents is 1. The van der Waals surface area contributed by atoms with Crippen LogP contribution in [0.3, 0.4) is 0 Å². The number of hydrogen-bond donors (Lipinski definition) is 2. The molecule has 1 saturated heterocycles. The molecule has 9 heteroatoms. The van der Waals surface area contributed by atoms with Gasteiger partial charge in [0.2, 0.25) is 5.91 Å². The molecule has 2 N–H and O–H groups in total. The zero-order valence-electron chi connectivity index (χ0n) is 17.0. The normalized spacial score (nSPS) is 18.9. The Morgan fingerprint density at radius 3 is 2.74 bits per heavy atom. The first-order valence-electron chi connectivity index (χ1n) is 9.98. The maximum Gasteiger partial charge on any atom is 0.237 e. The lowest BCUT2D eigenvalue weighted by Gasteiger charge is -2.23.